The maximum absolute atomic E-state index is 12.2. The zero-order valence-electron chi connectivity index (χ0n) is 33.9. The standard InChI is InChI=1S/C38H60N6O14S2/c39-59(49,50)33-11-7-31(8-12-33)37(47)43-15-3-1-5-35(45)41-17-19-53-21-23-55-25-27-57-29-30-58-28-26-56-24-22-54-20-18-42-36(46)6-2-4-16-44-38(48)32-9-13-34(14-10-32)60(40,51)52/h7-14H,1-6,15-30H2,(H,41,45)(H,42,46)(H,43,47)(H,44,48)(H2,39,49,50)(H2,40,51,52). The summed E-state index contributed by atoms with van der Waals surface area (Å²) in [6.45, 7) is 6.24. The van der Waals surface area contributed by atoms with Gasteiger partial charge in [0.2, 0.25) is 31.9 Å². The first-order valence-corrected chi connectivity index (χ1v) is 22.7. The van der Waals surface area contributed by atoms with Crippen LogP contribution in [0, 0.1) is 0 Å². The highest BCUT2D eigenvalue weighted by Gasteiger charge is 2.12. The van der Waals surface area contributed by atoms with Crippen molar-refractivity contribution in [1.82, 2.24) is 21.3 Å². The minimum Gasteiger partial charge on any atom is -0.377 e. The summed E-state index contributed by atoms with van der Waals surface area (Å²) in [4.78, 5) is 48.1. The predicted octanol–water partition coefficient (Wildman–Crippen LogP) is -0.186. The molecule has 2 aromatic carbocycles. The summed E-state index contributed by atoms with van der Waals surface area (Å²) in [6, 6.07) is 10.6. The maximum atomic E-state index is 12.2. The Morgan fingerprint density at radius 3 is 0.967 bits per heavy atom. The van der Waals surface area contributed by atoms with Gasteiger partial charge >= 0.3 is 0 Å². The third-order valence-electron chi connectivity index (χ3n) is 8.12. The molecule has 0 fully saturated rings. The minimum absolute atomic E-state index is 0.0701. The van der Waals surface area contributed by atoms with Crippen molar-refractivity contribution in [2.75, 3.05) is 105 Å². The Morgan fingerprint density at radius 1 is 0.400 bits per heavy atom. The number of nitrogens with two attached hydrogens (primary N) is 2. The van der Waals surface area contributed by atoms with Gasteiger partial charge in [0.15, 0.2) is 0 Å². The third kappa shape index (κ3) is 25.5. The number of sulfonamides is 2. The summed E-state index contributed by atoms with van der Waals surface area (Å²) < 4.78 is 78.0. The van der Waals surface area contributed by atoms with Crippen LogP contribution in [-0.2, 0) is 58.1 Å². The molecule has 0 saturated heterocycles. The number of unbranched alkanes of at least 4 members (excludes halogenated alkanes) is 2. The zero-order valence-corrected chi connectivity index (χ0v) is 35.5. The quantitative estimate of drug-likeness (QED) is 0.0490. The molecule has 0 aliphatic heterocycles. The minimum atomic E-state index is -3.82. The van der Waals surface area contributed by atoms with Crippen LogP contribution < -0.4 is 31.5 Å². The number of rotatable bonds is 35. The number of primary sulfonamides is 2. The monoisotopic (exact) mass is 888 g/mol. The molecule has 0 saturated carbocycles. The van der Waals surface area contributed by atoms with Gasteiger partial charge in [-0.15, -0.1) is 0 Å². The average Bonchev–Trinajstić information content (AvgIpc) is 3.21. The van der Waals surface area contributed by atoms with Crippen molar-refractivity contribution in [2.45, 2.75) is 48.3 Å². The van der Waals surface area contributed by atoms with E-state index in [4.69, 9.17) is 38.7 Å². The fourth-order valence-electron chi connectivity index (χ4n) is 4.92. The Kier molecular flexibility index (Phi) is 26.8. The lowest BCUT2D eigenvalue weighted by atomic mass is 10.2. The molecule has 0 unspecified atom stereocenters. The first-order chi connectivity index (χ1) is 28.8. The molecule has 0 atom stereocenters. The van der Waals surface area contributed by atoms with Gasteiger partial charge in [0.25, 0.3) is 11.8 Å². The number of carbonyl (C=O) groups excluding carboxylic acids is 4. The summed E-state index contributed by atoms with van der Waals surface area (Å²) in [5.74, 6) is -0.900. The molecule has 0 radical (unpaired) electrons. The maximum Gasteiger partial charge on any atom is 0.251 e. The molecule has 0 spiro atoms. The molecular formula is C38H60N6O14S2. The fourth-order valence-corrected chi connectivity index (χ4v) is 5.96. The number of hydrogen-bond acceptors (Lipinski definition) is 14. The van der Waals surface area contributed by atoms with Crippen LogP contribution in [-0.4, -0.2) is 146 Å². The second-order valence-electron chi connectivity index (χ2n) is 12.9. The van der Waals surface area contributed by atoms with Crippen LogP contribution in [0.25, 0.3) is 0 Å². The van der Waals surface area contributed by atoms with Crippen LogP contribution in [0.2, 0.25) is 0 Å². The van der Waals surface area contributed by atoms with Crippen molar-refractivity contribution in [2.24, 2.45) is 10.3 Å². The van der Waals surface area contributed by atoms with Crippen LogP contribution in [0.5, 0.6) is 0 Å². The SMILES string of the molecule is NS(=O)(=O)c1ccc(C(=O)NCCCCC(=O)NCCOCCOCCOCCOCCOCCOCCNC(=O)CCCCNC(=O)c2ccc(S(N)(=O)=O)cc2)cc1. The summed E-state index contributed by atoms with van der Waals surface area (Å²) in [5.41, 5.74) is 0.627. The summed E-state index contributed by atoms with van der Waals surface area (Å²) in [7, 11) is -7.64. The molecule has 338 valence electrons. The molecule has 2 rings (SSSR count). The van der Waals surface area contributed by atoms with Gasteiger partial charge in [-0.3, -0.25) is 19.2 Å². The van der Waals surface area contributed by atoms with E-state index in [1.54, 1.807) is 0 Å². The van der Waals surface area contributed by atoms with Gasteiger partial charge in [0.05, 0.1) is 89.1 Å². The molecule has 22 heteroatoms. The zero-order chi connectivity index (χ0) is 43.9. The Hall–Kier alpha value is -4.10. The fraction of sp³-hybridized carbons (Fsp3) is 0.579. The van der Waals surface area contributed by atoms with Crippen LogP contribution in [0.3, 0.4) is 0 Å². The van der Waals surface area contributed by atoms with E-state index >= 15 is 0 Å². The lowest BCUT2D eigenvalue weighted by Gasteiger charge is -2.09. The van der Waals surface area contributed by atoms with Crippen molar-refractivity contribution in [3.05, 3.63) is 59.7 Å². The number of nitrogens with one attached hydrogen (secondary N) is 4. The summed E-state index contributed by atoms with van der Waals surface area (Å²) in [5, 5.41) is 21.1. The Labute approximate surface area is 352 Å². The molecule has 8 N–H and O–H groups in total. The average molecular weight is 889 g/mol. The van der Waals surface area contributed by atoms with E-state index in [1.165, 1.54) is 48.5 Å². The van der Waals surface area contributed by atoms with Crippen molar-refractivity contribution >= 4 is 43.7 Å². The topological polar surface area (TPSA) is 292 Å². The van der Waals surface area contributed by atoms with Crippen molar-refractivity contribution in [1.29, 1.82) is 0 Å². The van der Waals surface area contributed by atoms with E-state index in [0.717, 1.165) is 0 Å². The van der Waals surface area contributed by atoms with Gasteiger partial charge < -0.3 is 49.7 Å². The molecule has 2 aromatic rings. The number of carbonyl (C=O) groups is 4. The third-order valence-corrected chi connectivity index (χ3v) is 9.98. The smallest absolute Gasteiger partial charge is 0.251 e. The van der Waals surface area contributed by atoms with Crippen LogP contribution in [0.15, 0.2) is 58.3 Å². The van der Waals surface area contributed by atoms with Gasteiger partial charge in [0.1, 0.15) is 0 Å². The van der Waals surface area contributed by atoms with Crippen LogP contribution in [0.1, 0.15) is 59.2 Å². The Balaban J connectivity index is 1.24. The van der Waals surface area contributed by atoms with Gasteiger partial charge in [-0.05, 0) is 74.2 Å². The molecule has 0 aliphatic carbocycles. The molecular weight excluding hydrogens is 829 g/mol. The molecule has 0 bridgehead atoms. The second kappa shape index (κ2) is 30.9. The lowest BCUT2D eigenvalue weighted by Crippen LogP contribution is -2.28. The van der Waals surface area contributed by atoms with Gasteiger partial charge in [0, 0.05) is 50.1 Å². The molecule has 20 nitrogen and oxygen atoms in total. The second-order valence-corrected chi connectivity index (χ2v) is 16.1. The van der Waals surface area contributed by atoms with E-state index in [9.17, 15) is 36.0 Å². The number of amides is 4. The highest BCUT2D eigenvalue weighted by atomic mass is 32.2. The van der Waals surface area contributed by atoms with Gasteiger partial charge in [-0.25, -0.2) is 27.1 Å². The van der Waals surface area contributed by atoms with Gasteiger partial charge in [-0.1, -0.05) is 0 Å². The Bertz CT molecular complexity index is 1640. The van der Waals surface area contributed by atoms with E-state index in [0.29, 0.717) is 155 Å². The van der Waals surface area contributed by atoms with Crippen molar-refractivity contribution in [3.63, 3.8) is 0 Å². The first-order valence-electron chi connectivity index (χ1n) is 19.6. The van der Waals surface area contributed by atoms with E-state index < -0.39 is 20.0 Å². The van der Waals surface area contributed by atoms with E-state index in [2.05, 4.69) is 21.3 Å². The number of ether oxygens (including phenoxy) is 6. The van der Waals surface area contributed by atoms with Gasteiger partial charge in [-0.2, -0.15) is 0 Å². The number of benzene rings is 2. The van der Waals surface area contributed by atoms with Crippen molar-refractivity contribution in [3.8, 4) is 0 Å². The van der Waals surface area contributed by atoms with E-state index in [-0.39, 0.29) is 33.4 Å². The summed E-state index contributed by atoms with van der Waals surface area (Å²) in [6.07, 6.45) is 3.02. The Morgan fingerprint density at radius 2 is 0.683 bits per heavy atom. The largest absolute Gasteiger partial charge is 0.377 e. The highest BCUT2D eigenvalue weighted by Crippen LogP contribution is 2.10. The summed E-state index contributed by atoms with van der Waals surface area (Å²) >= 11 is 0. The predicted molar refractivity (Wildman–Crippen MR) is 219 cm³/mol. The normalized spacial score (nSPS) is 11.6. The first kappa shape index (κ1) is 52.0. The molecule has 60 heavy (non-hydrogen) atoms. The molecule has 0 aromatic heterocycles. The molecule has 4 amide bonds. The molecule has 0 aliphatic rings. The van der Waals surface area contributed by atoms with E-state index in [1.807, 2.05) is 0 Å². The number of hydrogen-bond donors (Lipinski definition) is 6. The van der Waals surface area contributed by atoms with Crippen LogP contribution in [0.4, 0.5) is 0 Å². The highest BCUT2D eigenvalue weighted by molar-refractivity contribution is 7.89. The van der Waals surface area contributed by atoms with Crippen molar-refractivity contribution < 1.29 is 64.4 Å². The lowest BCUT2D eigenvalue weighted by molar-refractivity contribution is -0.122. The van der Waals surface area contributed by atoms with Crippen LogP contribution >= 0.6 is 0 Å². The molecule has 0 heterocycles.